The molecule has 0 bridgehead atoms. The summed E-state index contributed by atoms with van der Waals surface area (Å²) >= 11 is 0. The third-order valence-electron chi connectivity index (χ3n) is 4.05. The molecule has 0 saturated carbocycles. The molecular weight excluding hydrogens is 356 g/mol. The van der Waals surface area contributed by atoms with E-state index in [0.29, 0.717) is 0 Å². The summed E-state index contributed by atoms with van der Waals surface area (Å²) in [7, 11) is 0. The van der Waals surface area contributed by atoms with E-state index in [4.69, 9.17) is 19.4 Å². The summed E-state index contributed by atoms with van der Waals surface area (Å²) in [5.74, 6) is 1.02. The number of aryl methyl sites for hydroxylation is 1. The van der Waals surface area contributed by atoms with Crippen molar-refractivity contribution in [2.45, 2.75) is 6.92 Å². The molecule has 26 heavy (non-hydrogen) atoms. The van der Waals surface area contributed by atoms with E-state index in [1.807, 2.05) is 23.1 Å². The molecule has 136 valence electrons. The third-order valence-corrected chi connectivity index (χ3v) is 4.05. The molecule has 1 fully saturated rings. The van der Waals surface area contributed by atoms with Crippen LogP contribution in [-0.2, 0) is 14.3 Å². The van der Waals surface area contributed by atoms with E-state index in [9.17, 15) is 0 Å². The monoisotopic (exact) mass is 374 g/mol. The first-order valence-corrected chi connectivity index (χ1v) is 7.96. The van der Waals surface area contributed by atoms with E-state index in [1.54, 1.807) is 0 Å². The maximum absolute atomic E-state index is 8.12. The number of pyridine rings is 1. The summed E-state index contributed by atoms with van der Waals surface area (Å²) in [5, 5.41) is 6.00. The lowest BCUT2D eigenvalue weighted by molar-refractivity contribution is -0.191. The van der Waals surface area contributed by atoms with Gasteiger partial charge < -0.3 is 9.64 Å². The predicted octanol–water partition coefficient (Wildman–Crippen LogP) is 2.40. The van der Waals surface area contributed by atoms with E-state index in [1.165, 1.54) is 5.56 Å². The van der Waals surface area contributed by atoms with Gasteiger partial charge >= 0.3 is 6.15 Å². The summed E-state index contributed by atoms with van der Waals surface area (Å²) in [6.07, 6.45) is 3.96. The van der Waals surface area contributed by atoms with Crippen molar-refractivity contribution in [3.8, 4) is 5.69 Å². The molecule has 1 aliphatic rings. The Morgan fingerprint density at radius 3 is 2.38 bits per heavy atom. The fourth-order valence-electron chi connectivity index (χ4n) is 2.84. The van der Waals surface area contributed by atoms with Gasteiger partial charge in [-0.3, -0.25) is 4.98 Å². The Morgan fingerprint density at radius 2 is 1.73 bits per heavy atom. The first kappa shape index (κ1) is 19.6. The van der Waals surface area contributed by atoms with Gasteiger partial charge in [0.25, 0.3) is 0 Å². The third kappa shape index (κ3) is 4.08. The van der Waals surface area contributed by atoms with E-state index in [0.717, 1.165) is 48.7 Å². The number of aromatic nitrogens is 3. The van der Waals surface area contributed by atoms with Crippen molar-refractivity contribution >= 4 is 35.3 Å². The van der Waals surface area contributed by atoms with Crippen molar-refractivity contribution < 1.29 is 14.3 Å². The number of fused-ring (bicyclic) bond motifs is 1. The van der Waals surface area contributed by atoms with Crippen molar-refractivity contribution in [1.29, 1.82) is 0 Å². The first-order chi connectivity index (χ1) is 12.2. The number of carbonyl (C=O) groups excluding carboxylic acids is 2. The van der Waals surface area contributed by atoms with Crippen LogP contribution in [0.1, 0.15) is 5.56 Å². The summed E-state index contributed by atoms with van der Waals surface area (Å²) in [5.41, 5.74) is 3.34. The normalized spacial score (nSPS) is 13.3. The molecule has 0 spiro atoms. The number of hydrogen-bond donors (Lipinski definition) is 0. The minimum absolute atomic E-state index is 0. The summed E-state index contributed by atoms with van der Waals surface area (Å²) in [6.45, 7) is 5.35. The molecular formula is C18H19ClN4O3. The van der Waals surface area contributed by atoms with Crippen LogP contribution in [0.15, 0.2) is 42.7 Å². The van der Waals surface area contributed by atoms with Crippen LogP contribution < -0.4 is 4.90 Å². The zero-order chi connectivity index (χ0) is 17.6. The summed E-state index contributed by atoms with van der Waals surface area (Å²) < 4.78 is 7.43. The average Bonchev–Trinajstić information content (AvgIpc) is 3.04. The Bertz CT molecular complexity index is 883. The van der Waals surface area contributed by atoms with Crippen LogP contribution in [0.5, 0.6) is 0 Å². The van der Waals surface area contributed by atoms with Crippen LogP contribution in [0.4, 0.5) is 5.82 Å². The van der Waals surface area contributed by atoms with E-state index >= 15 is 0 Å². The number of morpholine rings is 1. The quantitative estimate of drug-likeness (QED) is 0.685. The second-order valence-corrected chi connectivity index (χ2v) is 5.65. The minimum Gasteiger partial charge on any atom is -0.378 e. The number of anilines is 1. The Labute approximate surface area is 157 Å². The molecule has 7 nitrogen and oxygen atoms in total. The van der Waals surface area contributed by atoms with Crippen LogP contribution in [0.2, 0.25) is 0 Å². The summed E-state index contributed by atoms with van der Waals surface area (Å²) in [4.78, 5) is 22.8. The molecule has 4 rings (SSSR count). The highest BCUT2D eigenvalue weighted by molar-refractivity contribution is 5.91. The van der Waals surface area contributed by atoms with Crippen LogP contribution >= 0.6 is 12.4 Å². The first-order valence-electron chi connectivity index (χ1n) is 7.96. The van der Waals surface area contributed by atoms with Crippen molar-refractivity contribution in [2.24, 2.45) is 0 Å². The Kier molecular flexibility index (Phi) is 6.86. The SMILES string of the molecule is Cc1ccc(-n2nc(N3CCOCC3)c3ccncc32)cc1.Cl.O=C=O. The van der Waals surface area contributed by atoms with Gasteiger partial charge in [-0.15, -0.1) is 17.5 Å². The highest BCUT2D eigenvalue weighted by Crippen LogP contribution is 2.28. The Hall–Kier alpha value is -2.73. The van der Waals surface area contributed by atoms with Gasteiger partial charge in [-0.05, 0) is 25.1 Å². The van der Waals surface area contributed by atoms with Gasteiger partial charge in [0.1, 0.15) is 0 Å². The van der Waals surface area contributed by atoms with E-state index < -0.39 is 0 Å². The van der Waals surface area contributed by atoms with Crippen LogP contribution in [-0.4, -0.2) is 47.2 Å². The molecule has 0 atom stereocenters. The number of hydrogen-bond acceptors (Lipinski definition) is 6. The molecule has 3 heterocycles. The molecule has 0 N–H and O–H groups in total. The number of rotatable bonds is 2. The van der Waals surface area contributed by atoms with Gasteiger partial charge in [-0.1, -0.05) is 17.7 Å². The lowest BCUT2D eigenvalue weighted by Gasteiger charge is -2.26. The predicted molar refractivity (Wildman–Crippen MR) is 98.9 cm³/mol. The van der Waals surface area contributed by atoms with Crippen molar-refractivity contribution in [3.05, 3.63) is 48.3 Å². The molecule has 1 saturated heterocycles. The topological polar surface area (TPSA) is 77.3 Å². The number of benzene rings is 1. The molecule has 0 aliphatic carbocycles. The molecule has 0 radical (unpaired) electrons. The van der Waals surface area contributed by atoms with Crippen molar-refractivity contribution in [1.82, 2.24) is 14.8 Å². The second-order valence-electron chi connectivity index (χ2n) is 5.65. The molecule has 2 aromatic heterocycles. The van der Waals surface area contributed by atoms with Crippen molar-refractivity contribution in [2.75, 3.05) is 31.2 Å². The van der Waals surface area contributed by atoms with E-state index in [-0.39, 0.29) is 18.6 Å². The molecule has 0 unspecified atom stereocenters. The van der Waals surface area contributed by atoms with Crippen molar-refractivity contribution in [3.63, 3.8) is 0 Å². The minimum atomic E-state index is 0. The second kappa shape index (κ2) is 9.10. The highest BCUT2D eigenvalue weighted by atomic mass is 35.5. The van der Waals surface area contributed by atoms with Crippen LogP contribution in [0.25, 0.3) is 16.6 Å². The van der Waals surface area contributed by atoms with Gasteiger partial charge in [-0.2, -0.15) is 9.59 Å². The standard InChI is InChI=1S/C17H18N4O.CO2.ClH/c1-13-2-4-14(5-3-13)21-16-12-18-7-6-15(16)17(19-21)20-8-10-22-11-9-20;2-1-3;/h2-7,12H,8-11H2,1H3;;1H. The summed E-state index contributed by atoms with van der Waals surface area (Å²) in [6, 6.07) is 10.4. The van der Waals surface area contributed by atoms with Gasteiger partial charge in [0.05, 0.1) is 30.6 Å². The Balaban J connectivity index is 0.000000570. The number of halogens is 1. The highest BCUT2D eigenvalue weighted by Gasteiger charge is 2.19. The largest absolute Gasteiger partial charge is 0.378 e. The van der Waals surface area contributed by atoms with Crippen LogP contribution in [0, 0.1) is 6.92 Å². The van der Waals surface area contributed by atoms with E-state index in [2.05, 4.69) is 41.1 Å². The molecule has 1 aromatic carbocycles. The van der Waals surface area contributed by atoms with Gasteiger partial charge in [0.2, 0.25) is 0 Å². The van der Waals surface area contributed by atoms with Crippen LogP contribution in [0.3, 0.4) is 0 Å². The number of ether oxygens (including phenoxy) is 1. The maximum Gasteiger partial charge on any atom is 0.373 e. The zero-order valence-electron chi connectivity index (χ0n) is 14.3. The van der Waals surface area contributed by atoms with Gasteiger partial charge in [0, 0.05) is 24.7 Å². The lowest BCUT2D eigenvalue weighted by Crippen LogP contribution is -2.36. The molecule has 1 aliphatic heterocycles. The zero-order valence-corrected chi connectivity index (χ0v) is 15.1. The fourth-order valence-corrected chi connectivity index (χ4v) is 2.84. The molecule has 0 amide bonds. The molecule has 3 aromatic rings. The lowest BCUT2D eigenvalue weighted by atomic mass is 10.2. The smallest absolute Gasteiger partial charge is 0.373 e. The number of nitrogens with zero attached hydrogens (tertiary/aromatic N) is 4. The van der Waals surface area contributed by atoms with Gasteiger partial charge in [-0.25, -0.2) is 4.68 Å². The average molecular weight is 375 g/mol. The Morgan fingerprint density at radius 1 is 1.08 bits per heavy atom. The fraction of sp³-hybridized carbons (Fsp3) is 0.278. The maximum atomic E-state index is 8.12. The van der Waals surface area contributed by atoms with Gasteiger partial charge in [0.15, 0.2) is 5.82 Å². The molecule has 8 heteroatoms.